The first-order valence-corrected chi connectivity index (χ1v) is 11.6. The number of nitriles is 1. The molecule has 1 saturated heterocycles. The molecule has 1 aromatic heterocycles. The van der Waals surface area contributed by atoms with Crippen molar-refractivity contribution in [3.05, 3.63) is 36.0 Å². The normalized spacial score (nSPS) is 19.5. The van der Waals surface area contributed by atoms with Crippen LogP contribution in [0.3, 0.4) is 0 Å². The maximum atomic E-state index is 12.5. The number of fused-ring (bicyclic) bond motifs is 1. The number of halogens is 1. The smallest absolute Gasteiger partial charge is 0.211 e. The molecule has 0 saturated carbocycles. The highest BCUT2D eigenvalue weighted by molar-refractivity contribution is 7.89. The number of aromatic nitrogens is 1. The van der Waals surface area contributed by atoms with E-state index >= 15 is 0 Å². The molecule has 1 aliphatic rings. The lowest BCUT2D eigenvalue weighted by molar-refractivity contribution is 0.380. The monoisotopic (exact) mass is 451 g/mol. The van der Waals surface area contributed by atoms with E-state index < -0.39 is 10.0 Å². The maximum absolute atomic E-state index is 12.5. The first-order chi connectivity index (χ1) is 13.8. The van der Waals surface area contributed by atoms with Gasteiger partial charge in [-0.15, -0.1) is 12.4 Å². The van der Waals surface area contributed by atoms with Crippen molar-refractivity contribution in [1.29, 1.82) is 5.26 Å². The van der Waals surface area contributed by atoms with Crippen LogP contribution in [0, 0.1) is 17.2 Å². The molecule has 9 heteroatoms. The van der Waals surface area contributed by atoms with E-state index in [1.165, 1.54) is 0 Å². The van der Waals surface area contributed by atoms with Crippen molar-refractivity contribution in [2.45, 2.75) is 25.8 Å². The van der Waals surface area contributed by atoms with Crippen molar-refractivity contribution in [1.82, 2.24) is 14.6 Å². The number of sulfonamides is 1. The Morgan fingerprint density at radius 1 is 1.30 bits per heavy atom. The zero-order valence-corrected chi connectivity index (χ0v) is 19.3. The number of hydrogen-bond acceptors (Lipinski definition) is 6. The molecule has 2 aromatic rings. The van der Waals surface area contributed by atoms with Crippen LogP contribution < -0.4 is 9.62 Å². The van der Waals surface area contributed by atoms with E-state index in [9.17, 15) is 13.7 Å². The fourth-order valence-corrected chi connectivity index (χ4v) is 5.35. The summed E-state index contributed by atoms with van der Waals surface area (Å²) < 4.78 is 28.0. The second-order valence-electron chi connectivity index (χ2n) is 8.18. The van der Waals surface area contributed by atoms with E-state index in [1.54, 1.807) is 12.3 Å². The highest BCUT2D eigenvalue weighted by Gasteiger charge is 2.29. The lowest BCUT2D eigenvalue weighted by Crippen LogP contribution is -2.51. The quantitative estimate of drug-likeness (QED) is 0.696. The summed E-state index contributed by atoms with van der Waals surface area (Å²) in [6.07, 6.45) is 3.12. The molecule has 2 atom stereocenters. The SMILES string of the molecule is C[C@H]1C[C@@H](NS(=O)(=O)CCCN(C)C)CN(c2ccc(C#N)c3ncccc23)C1.Cl. The van der Waals surface area contributed by atoms with E-state index in [1.807, 2.05) is 37.2 Å². The number of nitrogens with one attached hydrogen (secondary N) is 1. The summed E-state index contributed by atoms with van der Waals surface area (Å²) in [7, 11) is 0.566. The summed E-state index contributed by atoms with van der Waals surface area (Å²) in [5.74, 6) is 0.486. The Bertz CT molecular complexity index is 1010. The van der Waals surface area contributed by atoms with Gasteiger partial charge in [0.05, 0.1) is 16.8 Å². The molecule has 0 aliphatic carbocycles. The number of benzene rings is 1. The first-order valence-electron chi connectivity index (χ1n) is 9.96. The molecule has 0 unspecified atom stereocenters. The minimum Gasteiger partial charge on any atom is -0.369 e. The molecule has 0 spiro atoms. The molecule has 1 N–H and O–H groups in total. The number of rotatable bonds is 7. The molecule has 0 bridgehead atoms. The topological polar surface area (TPSA) is 89.3 Å². The Hall–Kier alpha value is -1.92. The van der Waals surface area contributed by atoms with Gasteiger partial charge in [-0.05, 0) is 63.7 Å². The molecular formula is C21H30ClN5O2S. The second kappa shape index (κ2) is 10.4. The van der Waals surface area contributed by atoms with Gasteiger partial charge < -0.3 is 9.80 Å². The van der Waals surface area contributed by atoms with Crippen molar-refractivity contribution in [3.63, 3.8) is 0 Å². The zero-order chi connectivity index (χ0) is 21.0. The maximum Gasteiger partial charge on any atom is 0.211 e. The van der Waals surface area contributed by atoms with Gasteiger partial charge in [0.2, 0.25) is 10.0 Å². The summed E-state index contributed by atoms with van der Waals surface area (Å²) in [4.78, 5) is 8.59. The third kappa shape index (κ3) is 6.05. The Morgan fingerprint density at radius 3 is 2.77 bits per heavy atom. The van der Waals surface area contributed by atoms with E-state index in [4.69, 9.17) is 0 Å². The van der Waals surface area contributed by atoms with Crippen LogP contribution in [0.25, 0.3) is 10.9 Å². The predicted octanol–water partition coefficient (Wildman–Crippen LogP) is 2.61. The fourth-order valence-electron chi connectivity index (χ4n) is 4.04. The molecule has 1 aromatic carbocycles. The van der Waals surface area contributed by atoms with Gasteiger partial charge in [0.1, 0.15) is 6.07 Å². The Balaban J connectivity index is 0.00000320. The summed E-state index contributed by atoms with van der Waals surface area (Å²) >= 11 is 0. The van der Waals surface area contributed by atoms with E-state index in [-0.39, 0.29) is 24.2 Å². The number of nitrogens with zero attached hydrogens (tertiary/aromatic N) is 4. The number of anilines is 1. The van der Waals surface area contributed by atoms with Crippen molar-refractivity contribution >= 4 is 39.0 Å². The largest absolute Gasteiger partial charge is 0.369 e. The lowest BCUT2D eigenvalue weighted by Gasteiger charge is -2.38. The van der Waals surface area contributed by atoms with Crippen LogP contribution in [-0.4, -0.2) is 63.8 Å². The standard InChI is InChI=1S/C21H29N5O2S.ClH/c1-16-12-18(24-29(27,28)11-5-10-25(2)3)15-26(14-16)20-8-7-17(13-22)21-19(20)6-4-9-23-21;/h4,6-9,16,18,24H,5,10-12,14-15H2,1-3H3;1H/t16-,18+;/m0./s1. The van der Waals surface area contributed by atoms with Crippen LogP contribution >= 0.6 is 12.4 Å². The van der Waals surface area contributed by atoms with Crippen molar-refractivity contribution in [2.24, 2.45) is 5.92 Å². The van der Waals surface area contributed by atoms with Crippen LogP contribution in [0.2, 0.25) is 0 Å². The Kier molecular flexibility index (Phi) is 8.44. The van der Waals surface area contributed by atoms with Crippen LogP contribution in [0.5, 0.6) is 0 Å². The van der Waals surface area contributed by atoms with Gasteiger partial charge in [-0.1, -0.05) is 6.92 Å². The summed E-state index contributed by atoms with van der Waals surface area (Å²) in [6, 6.07) is 9.65. The molecule has 0 amide bonds. The number of hydrogen-bond donors (Lipinski definition) is 1. The van der Waals surface area contributed by atoms with E-state index in [2.05, 4.69) is 27.6 Å². The highest BCUT2D eigenvalue weighted by atomic mass is 35.5. The molecule has 7 nitrogen and oxygen atoms in total. The molecular weight excluding hydrogens is 422 g/mol. The van der Waals surface area contributed by atoms with Crippen molar-refractivity contribution < 1.29 is 8.42 Å². The average Bonchev–Trinajstić information content (AvgIpc) is 2.65. The predicted molar refractivity (Wildman–Crippen MR) is 124 cm³/mol. The van der Waals surface area contributed by atoms with Crippen LogP contribution in [0.4, 0.5) is 5.69 Å². The van der Waals surface area contributed by atoms with Crippen molar-refractivity contribution in [3.8, 4) is 6.07 Å². The second-order valence-corrected chi connectivity index (χ2v) is 10.1. The number of piperidine rings is 1. The average molecular weight is 452 g/mol. The van der Waals surface area contributed by atoms with E-state index in [0.29, 0.717) is 30.0 Å². The van der Waals surface area contributed by atoms with Gasteiger partial charge in [0, 0.05) is 36.4 Å². The summed E-state index contributed by atoms with van der Waals surface area (Å²) in [6.45, 7) is 4.34. The fraction of sp³-hybridized carbons (Fsp3) is 0.524. The summed E-state index contributed by atoms with van der Waals surface area (Å²) in [5.41, 5.74) is 2.23. The Labute approximate surface area is 185 Å². The minimum absolute atomic E-state index is 0. The summed E-state index contributed by atoms with van der Waals surface area (Å²) in [5, 5.41) is 10.3. The third-order valence-corrected chi connectivity index (χ3v) is 6.75. The molecule has 2 heterocycles. The van der Waals surface area contributed by atoms with Gasteiger partial charge in [0.25, 0.3) is 0 Å². The van der Waals surface area contributed by atoms with E-state index in [0.717, 1.165) is 30.6 Å². The molecule has 1 fully saturated rings. The van der Waals surface area contributed by atoms with Gasteiger partial charge in [-0.25, -0.2) is 13.1 Å². The van der Waals surface area contributed by atoms with Gasteiger partial charge in [-0.2, -0.15) is 5.26 Å². The molecule has 3 rings (SSSR count). The molecule has 1 aliphatic heterocycles. The van der Waals surface area contributed by atoms with Crippen LogP contribution in [0.1, 0.15) is 25.3 Å². The van der Waals surface area contributed by atoms with Gasteiger partial charge in [-0.3, -0.25) is 4.98 Å². The lowest BCUT2D eigenvalue weighted by atomic mass is 9.95. The highest BCUT2D eigenvalue weighted by Crippen LogP contribution is 2.31. The van der Waals surface area contributed by atoms with Gasteiger partial charge in [0.15, 0.2) is 0 Å². The van der Waals surface area contributed by atoms with Crippen LogP contribution in [0.15, 0.2) is 30.5 Å². The van der Waals surface area contributed by atoms with Crippen molar-refractivity contribution in [2.75, 3.05) is 44.4 Å². The number of pyridine rings is 1. The molecule has 0 radical (unpaired) electrons. The first kappa shape index (κ1) is 24.4. The van der Waals surface area contributed by atoms with Gasteiger partial charge >= 0.3 is 0 Å². The van der Waals surface area contributed by atoms with Crippen LogP contribution in [-0.2, 0) is 10.0 Å². The minimum atomic E-state index is -3.32. The third-order valence-electron chi connectivity index (χ3n) is 5.23. The Morgan fingerprint density at radius 2 is 2.07 bits per heavy atom. The zero-order valence-electron chi connectivity index (χ0n) is 17.7. The molecule has 30 heavy (non-hydrogen) atoms. The molecule has 164 valence electrons.